The SMILES string of the molecule is CC(C)c1ccc(CN2CCN(Cc3nc(C4CC4)no3)CC2)cc1. The standard InChI is InChI=1S/C20H28N4O/c1-15(2)17-5-3-16(4-6-17)13-23-9-11-24(12-10-23)14-19-21-20(22-25-19)18-7-8-18/h3-6,15,18H,7-14H2,1-2H3. The molecule has 0 unspecified atom stereocenters. The first-order valence-corrected chi connectivity index (χ1v) is 9.53. The maximum atomic E-state index is 5.41. The second-order valence-corrected chi connectivity index (χ2v) is 7.77. The van der Waals surface area contributed by atoms with E-state index in [1.807, 2.05) is 0 Å². The molecule has 2 heterocycles. The van der Waals surface area contributed by atoms with Gasteiger partial charge in [-0.15, -0.1) is 0 Å². The highest BCUT2D eigenvalue weighted by molar-refractivity contribution is 5.24. The maximum Gasteiger partial charge on any atom is 0.240 e. The van der Waals surface area contributed by atoms with Crippen LogP contribution in [0.1, 0.15) is 61.4 Å². The molecule has 1 saturated carbocycles. The quantitative estimate of drug-likeness (QED) is 0.806. The van der Waals surface area contributed by atoms with E-state index < -0.39 is 0 Å². The van der Waals surface area contributed by atoms with Crippen molar-refractivity contribution in [3.63, 3.8) is 0 Å². The summed E-state index contributed by atoms with van der Waals surface area (Å²) >= 11 is 0. The van der Waals surface area contributed by atoms with Crippen molar-refractivity contribution in [2.24, 2.45) is 0 Å². The van der Waals surface area contributed by atoms with E-state index in [0.29, 0.717) is 11.8 Å². The van der Waals surface area contributed by atoms with Crippen molar-refractivity contribution in [1.29, 1.82) is 0 Å². The topological polar surface area (TPSA) is 45.4 Å². The largest absolute Gasteiger partial charge is 0.338 e. The molecule has 1 saturated heterocycles. The van der Waals surface area contributed by atoms with Crippen LogP contribution < -0.4 is 0 Å². The summed E-state index contributed by atoms with van der Waals surface area (Å²) in [6.45, 7) is 10.6. The number of piperazine rings is 1. The summed E-state index contributed by atoms with van der Waals surface area (Å²) in [6.07, 6.45) is 2.44. The molecule has 0 radical (unpaired) electrons. The van der Waals surface area contributed by atoms with Crippen LogP contribution in [0.2, 0.25) is 0 Å². The number of benzene rings is 1. The second-order valence-electron chi connectivity index (χ2n) is 7.77. The summed E-state index contributed by atoms with van der Waals surface area (Å²) in [5, 5.41) is 4.11. The fraction of sp³-hybridized carbons (Fsp3) is 0.600. The van der Waals surface area contributed by atoms with Crippen LogP contribution in [0.5, 0.6) is 0 Å². The maximum absolute atomic E-state index is 5.41. The van der Waals surface area contributed by atoms with Gasteiger partial charge in [-0.1, -0.05) is 43.3 Å². The summed E-state index contributed by atoms with van der Waals surface area (Å²) in [4.78, 5) is 9.49. The predicted octanol–water partition coefficient (Wildman–Crippen LogP) is 3.39. The van der Waals surface area contributed by atoms with Crippen LogP contribution >= 0.6 is 0 Å². The molecule has 1 aliphatic heterocycles. The molecule has 2 aromatic rings. The Kier molecular flexibility index (Phi) is 4.86. The van der Waals surface area contributed by atoms with Gasteiger partial charge in [0.05, 0.1) is 6.54 Å². The van der Waals surface area contributed by atoms with Gasteiger partial charge >= 0.3 is 0 Å². The van der Waals surface area contributed by atoms with Gasteiger partial charge in [-0.05, 0) is 29.9 Å². The normalized spacial score (nSPS) is 19.6. The summed E-state index contributed by atoms with van der Waals surface area (Å²) in [5.41, 5.74) is 2.82. The molecule has 5 heteroatoms. The molecule has 2 aliphatic rings. The molecule has 1 aromatic carbocycles. The predicted molar refractivity (Wildman–Crippen MR) is 97.4 cm³/mol. The Bertz CT molecular complexity index is 682. The van der Waals surface area contributed by atoms with Crippen molar-refractivity contribution in [2.75, 3.05) is 26.2 Å². The van der Waals surface area contributed by atoms with Gasteiger partial charge in [-0.3, -0.25) is 9.80 Å². The van der Waals surface area contributed by atoms with Crippen LogP contribution in [-0.2, 0) is 13.1 Å². The van der Waals surface area contributed by atoms with E-state index in [9.17, 15) is 0 Å². The molecular weight excluding hydrogens is 312 g/mol. The van der Waals surface area contributed by atoms with Crippen molar-refractivity contribution < 1.29 is 4.52 Å². The van der Waals surface area contributed by atoms with Gasteiger partial charge in [0, 0.05) is 38.6 Å². The monoisotopic (exact) mass is 340 g/mol. The van der Waals surface area contributed by atoms with Crippen LogP contribution in [0.25, 0.3) is 0 Å². The average molecular weight is 340 g/mol. The van der Waals surface area contributed by atoms with Crippen LogP contribution in [0, 0.1) is 0 Å². The molecule has 0 spiro atoms. The van der Waals surface area contributed by atoms with Gasteiger partial charge in [0.15, 0.2) is 5.82 Å². The summed E-state index contributed by atoms with van der Waals surface area (Å²) in [6, 6.07) is 9.09. The van der Waals surface area contributed by atoms with E-state index in [4.69, 9.17) is 4.52 Å². The van der Waals surface area contributed by atoms with Gasteiger partial charge in [-0.2, -0.15) is 4.98 Å². The van der Waals surface area contributed by atoms with Crippen molar-refractivity contribution in [3.05, 3.63) is 47.1 Å². The van der Waals surface area contributed by atoms with E-state index in [1.54, 1.807) is 0 Å². The fourth-order valence-corrected chi connectivity index (χ4v) is 3.40. The molecule has 4 rings (SSSR count). The first-order valence-electron chi connectivity index (χ1n) is 9.53. The molecule has 134 valence electrons. The zero-order chi connectivity index (χ0) is 17.2. The smallest absolute Gasteiger partial charge is 0.240 e. The van der Waals surface area contributed by atoms with Gasteiger partial charge in [-0.25, -0.2) is 0 Å². The molecule has 1 aromatic heterocycles. The first-order chi connectivity index (χ1) is 12.2. The highest BCUT2D eigenvalue weighted by Gasteiger charge is 2.29. The average Bonchev–Trinajstić information content (AvgIpc) is 3.37. The van der Waals surface area contributed by atoms with E-state index in [-0.39, 0.29) is 0 Å². The van der Waals surface area contributed by atoms with Crippen LogP contribution in [-0.4, -0.2) is 46.1 Å². The summed E-state index contributed by atoms with van der Waals surface area (Å²) in [7, 11) is 0. The summed E-state index contributed by atoms with van der Waals surface area (Å²) in [5.74, 6) is 2.86. The third kappa shape index (κ3) is 4.28. The lowest BCUT2D eigenvalue weighted by atomic mass is 10.0. The van der Waals surface area contributed by atoms with E-state index >= 15 is 0 Å². The van der Waals surface area contributed by atoms with E-state index in [1.165, 1.54) is 24.0 Å². The Labute approximate surface area is 150 Å². The Morgan fingerprint density at radius 1 is 1.00 bits per heavy atom. The third-order valence-electron chi connectivity index (χ3n) is 5.30. The van der Waals surface area contributed by atoms with Crippen molar-refractivity contribution in [3.8, 4) is 0 Å². The van der Waals surface area contributed by atoms with E-state index in [2.05, 4.69) is 58.1 Å². The van der Waals surface area contributed by atoms with Crippen molar-refractivity contribution in [1.82, 2.24) is 19.9 Å². The lowest BCUT2D eigenvalue weighted by Gasteiger charge is -2.33. The van der Waals surface area contributed by atoms with Crippen LogP contribution in [0.4, 0.5) is 0 Å². The third-order valence-corrected chi connectivity index (χ3v) is 5.30. The zero-order valence-corrected chi connectivity index (χ0v) is 15.3. The van der Waals surface area contributed by atoms with Gasteiger partial charge in [0.25, 0.3) is 0 Å². The minimum absolute atomic E-state index is 0.566. The molecule has 0 N–H and O–H groups in total. The van der Waals surface area contributed by atoms with Crippen molar-refractivity contribution >= 4 is 0 Å². The Morgan fingerprint density at radius 3 is 2.24 bits per heavy atom. The van der Waals surface area contributed by atoms with E-state index in [0.717, 1.165) is 51.0 Å². The minimum atomic E-state index is 0.566. The number of nitrogens with zero attached hydrogens (tertiary/aromatic N) is 4. The van der Waals surface area contributed by atoms with Gasteiger partial charge in [0.2, 0.25) is 5.89 Å². The molecule has 2 fully saturated rings. The molecule has 5 nitrogen and oxygen atoms in total. The first kappa shape index (κ1) is 16.7. The number of aromatic nitrogens is 2. The highest BCUT2D eigenvalue weighted by atomic mass is 16.5. The fourth-order valence-electron chi connectivity index (χ4n) is 3.40. The van der Waals surface area contributed by atoms with Gasteiger partial charge in [0.1, 0.15) is 0 Å². The molecule has 0 atom stereocenters. The zero-order valence-electron chi connectivity index (χ0n) is 15.3. The number of hydrogen-bond donors (Lipinski definition) is 0. The molecule has 0 bridgehead atoms. The molecular formula is C20H28N4O. The van der Waals surface area contributed by atoms with Gasteiger partial charge < -0.3 is 4.52 Å². The molecule has 1 aliphatic carbocycles. The van der Waals surface area contributed by atoms with Crippen molar-refractivity contribution in [2.45, 2.75) is 51.6 Å². The van der Waals surface area contributed by atoms with Crippen LogP contribution in [0.15, 0.2) is 28.8 Å². The highest BCUT2D eigenvalue weighted by Crippen LogP contribution is 2.38. The molecule has 0 amide bonds. The lowest BCUT2D eigenvalue weighted by molar-refractivity contribution is 0.112. The number of hydrogen-bond acceptors (Lipinski definition) is 5. The van der Waals surface area contributed by atoms with Crippen LogP contribution in [0.3, 0.4) is 0 Å². The second kappa shape index (κ2) is 7.26. The molecule has 25 heavy (non-hydrogen) atoms. The minimum Gasteiger partial charge on any atom is -0.338 e. The number of rotatable bonds is 6. The summed E-state index contributed by atoms with van der Waals surface area (Å²) < 4.78 is 5.41. The lowest BCUT2D eigenvalue weighted by Crippen LogP contribution is -2.45. The Morgan fingerprint density at radius 2 is 1.64 bits per heavy atom. The Balaban J connectivity index is 1.24. The Hall–Kier alpha value is -1.72.